The van der Waals surface area contributed by atoms with Gasteiger partial charge in [0.25, 0.3) is 0 Å². The number of carbonyl (C=O) groups excluding carboxylic acids is 1. The number of Topliss-reactive ketones (excluding diaryl/α,β-unsaturated/α-hetero) is 1. The van der Waals surface area contributed by atoms with E-state index < -0.39 is 0 Å². The number of carbonyl (C=O) groups is 1. The van der Waals surface area contributed by atoms with Crippen LogP contribution in [0.3, 0.4) is 0 Å². The van der Waals surface area contributed by atoms with Gasteiger partial charge in [-0.15, -0.1) is 0 Å². The predicted molar refractivity (Wildman–Crippen MR) is 93.5 cm³/mol. The van der Waals surface area contributed by atoms with Gasteiger partial charge in [0.05, 0.1) is 0 Å². The fourth-order valence-electron chi connectivity index (χ4n) is 2.34. The molecule has 0 aromatic heterocycles. The Balaban J connectivity index is 1.71. The first-order valence-electron chi connectivity index (χ1n) is 8.20. The van der Waals surface area contributed by atoms with Crippen molar-refractivity contribution < 1.29 is 9.53 Å². The maximum Gasteiger partial charge on any atom is 0.129 e. The van der Waals surface area contributed by atoms with E-state index in [1.807, 2.05) is 30.3 Å². The smallest absolute Gasteiger partial charge is 0.129 e. The highest BCUT2D eigenvalue weighted by molar-refractivity contribution is 5.75. The largest absolute Gasteiger partial charge is 0.489 e. The molecular weight excluding hydrogens is 286 g/mol. The summed E-state index contributed by atoms with van der Waals surface area (Å²) in [4.78, 5) is 10.9. The number of ether oxygens (including phenoxy) is 1. The molecule has 1 N–H and O–H groups in total. The van der Waals surface area contributed by atoms with Gasteiger partial charge in [-0.05, 0) is 49.6 Å². The molecule has 0 aliphatic heterocycles. The number of hydrogen-bond acceptors (Lipinski definition) is 3. The monoisotopic (exact) mass is 311 g/mol. The second-order valence-corrected chi connectivity index (χ2v) is 5.76. The van der Waals surface area contributed by atoms with Gasteiger partial charge in [0.15, 0.2) is 0 Å². The van der Waals surface area contributed by atoms with Crippen molar-refractivity contribution >= 4 is 5.78 Å². The lowest BCUT2D eigenvalue weighted by molar-refractivity contribution is -0.117. The molecule has 0 radical (unpaired) electrons. The summed E-state index contributed by atoms with van der Waals surface area (Å²) in [6, 6.07) is 18.3. The van der Waals surface area contributed by atoms with Crippen molar-refractivity contribution in [3.8, 4) is 5.75 Å². The topological polar surface area (TPSA) is 38.3 Å². The minimum absolute atomic E-state index is 0.272. The van der Waals surface area contributed by atoms with E-state index in [9.17, 15) is 4.79 Å². The highest BCUT2D eigenvalue weighted by Crippen LogP contribution is 2.15. The molecular formula is C20H25NO2. The van der Waals surface area contributed by atoms with Gasteiger partial charge in [0, 0.05) is 13.0 Å². The quantitative estimate of drug-likeness (QED) is 0.671. The fourth-order valence-corrected chi connectivity index (χ4v) is 2.34. The van der Waals surface area contributed by atoms with Crippen LogP contribution < -0.4 is 10.1 Å². The van der Waals surface area contributed by atoms with E-state index in [0.29, 0.717) is 13.0 Å². The Kier molecular flexibility index (Phi) is 7.34. The highest BCUT2D eigenvalue weighted by Gasteiger charge is 1.99. The molecule has 2 aromatic carbocycles. The van der Waals surface area contributed by atoms with Crippen LogP contribution >= 0.6 is 0 Å². The Morgan fingerprint density at radius 3 is 2.57 bits per heavy atom. The molecule has 3 nitrogen and oxygen atoms in total. The van der Waals surface area contributed by atoms with E-state index in [1.54, 1.807) is 6.92 Å². The zero-order valence-corrected chi connectivity index (χ0v) is 13.8. The van der Waals surface area contributed by atoms with Crippen molar-refractivity contribution in [2.24, 2.45) is 0 Å². The average molecular weight is 311 g/mol. The zero-order chi connectivity index (χ0) is 16.3. The van der Waals surface area contributed by atoms with Crippen molar-refractivity contribution in [3.63, 3.8) is 0 Å². The van der Waals surface area contributed by atoms with E-state index >= 15 is 0 Å². The van der Waals surface area contributed by atoms with Gasteiger partial charge < -0.3 is 14.8 Å². The van der Waals surface area contributed by atoms with E-state index in [2.05, 4.69) is 29.6 Å². The lowest BCUT2D eigenvalue weighted by Gasteiger charge is -2.09. The van der Waals surface area contributed by atoms with Crippen LogP contribution in [0.2, 0.25) is 0 Å². The molecule has 0 bridgehead atoms. The minimum Gasteiger partial charge on any atom is -0.489 e. The molecule has 0 saturated carbocycles. The Bertz CT molecular complexity index is 596. The van der Waals surface area contributed by atoms with E-state index in [4.69, 9.17) is 4.74 Å². The summed E-state index contributed by atoms with van der Waals surface area (Å²) in [5.74, 6) is 1.16. The van der Waals surface area contributed by atoms with Gasteiger partial charge >= 0.3 is 0 Å². The van der Waals surface area contributed by atoms with Gasteiger partial charge in [-0.2, -0.15) is 0 Å². The average Bonchev–Trinajstić information content (AvgIpc) is 2.57. The molecule has 0 heterocycles. The highest BCUT2D eigenvalue weighted by atomic mass is 16.5. The fraction of sp³-hybridized carbons (Fsp3) is 0.350. The third-order valence-electron chi connectivity index (χ3n) is 3.61. The van der Waals surface area contributed by atoms with Crippen LogP contribution in [0.5, 0.6) is 5.75 Å². The first-order chi connectivity index (χ1) is 11.2. The van der Waals surface area contributed by atoms with E-state index in [1.165, 1.54) is 11.1 Å². The number of rotatable bonds is 10. The maximum atomic E-state index is 10.9. The summed E-state index contributed by atoms with van der Waals surface area (Å²) in [6.07, 6.45) is 2.68. The van der Waals surface area contributed by atoms with Crippen LogP contribution in [-0.4, -0.2) is 12.3 Å². The normalized spacial score (nSPS) is 10.5. The zero-order valence-electron chi connectivity index (χ0n) is 13.8. The number of hydrogen-bond donors (Lipinski definition) is 1. The molecule has 23 heavy (non-hydrogen) atoms. The third kappa shape index (κ3) is 7.11. The number of ketones is 1. The van der Waals surface area contributed by atoms with Crippen molar-refractivity contribution in [1.82, 2.24) is 5.32 Å². The molecule has 0 fully saturated rings. The molecule has 0 amide bonds. The van der Waals surface area contributed by atoms with Crippen molar-refractivity contribution in [2.45, 2.75) is 39.3 Å². The second kappa shape index (κ2) is 9.80. The van der Waals surface area contributed by atoms with Gasteiger partial charge in [-0.3, -0.25) is 0 Å². The van der Waals surface area contributed by atoms with Crippen LogP contribution in [-0.2, 0) is 17.9 Å². The van der Waals surface area contributed by atoms with E-state index in [0.717, 1.165) is 31.7 Å². The molecule has 2 aromatic rings. The standard InChI is InChI=1S/C20H25NO2/c1-17(22)8-5-6-13-21-15-19-11-7-12-20(14-19)23-16-18-9-3-2-4-10-18/h2-4,7,9-12,14,21H,5-6,8,13,15-16H2,1H3. The SMILES string of the molecule is CC(=O)CCCCNCc1cccc(OCc2ccccc2)c1. The molecule has 0 atom stereocenters. The number of nitrogens with one attached hydrogen (secondary N) is 1. The molecule has 0 unspecified atom stereocenters. The van der Waals surface area contributed by atoms with Gasteiger partial charge in [-0.1, -0.05) is 42.5 Å². The summed E-state index contributed by atoms with van der Waals surface area (Å²) in [7, 11) is 0. The molecule has 2 rings (SSSR count). The Morgan fingerprint density at radius 1 is 1.00 bits per heavy atom. The van der Waals surface area contributed by atoms with Crippen LogP contribution in [0.1, 0.15) is 37.3 Å². The van der Waals surface area contributed by atoms with Gasteiger partial charge in [0.1, 0.15) is 18.1 Å². The Morgan fingerprint density at radius 2 is 1.78 bits per heavy atom. The number of unbranched alkanes of at least 4 members (excludes halogenated alkanes) is 1. The summed E-state index contributed by atoms with van der Waals surface area (Å²) in [6.45, 7) is 3.99. The third-order valence-corrected chi connectivity index (χ3v) is 3.61. The van der Waals surface area contributed by atoms with Crippen LogP contribution in [0.25, 0.3) is 0 Å². The Hall–Kier alpha value is -2.13. The summed E-state index contributed by atoms with van der Waals surface area (Å²) in [5, 5.41) is 3.41. The lowest BCUT2D eigenvalue weighted by Crippen LogP contribution is -2.14. The summed E-state index contributed by atoms with van der Waals surface area (Å²) in [5.41, 5.74) is 2.38. The molecule has 0 aliphatic rings. The predicted octanol–water partition coefficient (Wildman–Crippen LogP) is 4.11. The van der Waals surface area contributed by atoms with Crippen LogP contribution in [0, 0.1) is 0 Å². The molecule has 0 aliphatic carbocycles. The van der Waals surface area contributed by atoms with Crippen molar-refractivity contribution in [1.29, 1.82) is 0 Å². The summed E-state index contributed by atoms with van der Waals surface area (Å²) < 4.78 is 5.84. The summed E-state index contributed by atoms with van der Waals surface area (Å²) >= 11 is 0. The molecule has 3 heteroatoms. The first kappa shape index (κ1) is 17.2. The van der Waals surface area contributed by atoms with Gasteiger partial charge in [-0.25, -0.2) is 0 Å². The molecule has 0 saturated heterocycles. The molecule has 122 valence electrons. The molecule has 0 spiro atoms. The minimum atomic E-state index is 0.272. The van der Waals surface area contributed by atoms with Crippen molar-refractivity contribution in [2.75, 3.05) is 6.54 Å². The van der Waals surface area contributed by atoms with Gasteiger partial charge in [0.2, 0.25) is 0 Å². The second-order valence-electron chi connectivity index (χ2n) is 5.76. The Labute approximate surface area is 138 Å². The van der Waals surface area contributed by atoms with Crippen LogP contribution in [0.4, 0.5) is 0 Å². The van der Waals surface area contributed by atoms with E-state index in [-0.39, 0.29) is 5.78 Å². The maximum absolute atomic E-state index is 10.9. The lowest BCUT2D eigenvalue weighted by atomic mass is 10.2. The number of benzene rings is 2. The van der Waals surface area contributed by atoms with Crippen molar-refractivity contribution in [3.05, 3.63) is 65.7 Å². The van der Waals surface area contributed by atoms with Crippen LogP contribution in [0.15, 0.2) is 54.6 Å². The first-order valence-corrected chi connectivity index (χ1v) is 8.20.